The topological polar surface area (TPSA) is 59.1 Å². The molecule has 142 valence electrons. The maximum absolute atomic E-state index is 12.6. The second kappa shape index (κ2) is 7.47. The largest absolute Gasteiger partial charge is 0.493 e. The van der Waals surface area contributed by atoms with E-state index in [0.29, 0.717) is 18.2 Å². The fraction of sp³-hybridized carbons (Fsp3) is 0.556. The summed E-state index contributed by atoms with van der Waals surface area (Å²) in [6.45, 7) is -2.26. The molecule has 8 heteroatoms. The third-order valence-corrected chi connectivity index (χ3v) is 4.74. The van der Waals surface area contributed by atoms with Crippen LogP contribution in [0.15, 0.2) is 18.2 Å². The summed E-state index contributed by atoms with van der Waals surface area (Å²) in [4.78, 5) is 28.0. The molecule has 0 N–H and O–H groups in total. The van der Waals surface area contributed by atoms with Gasteiger partial charge in [-0.2, -0.15) is 8.78 Å². The molecule has 3 rings (SSSR count). The summed E-state index contributed by atoms with van der Waals surface area (Å²) in [7, 11) is 3.01. The molecule has 1 aliphatic carbocycles. The van der Waals surface area contributed by atoms with Crippen LogP contribution in [0.2, 0.25) is 0 Å². The number of halogens is 2. The SMILES string of the molecule is COc1ccc(CN(C)C(=O)[C@H]2CC(=O)N(C3CC3)C2)cc1OC(F)F. The van der Waals surface area contributed by atoms with Crippen LogP contribution in [0, 0.1) is 5.92 Å². The fourth-order valence-corrected chi connectivity index (χ4v) is 3.31. The van der Waals surface area contributed by atoms with Gasteiger partial charge in [0.05, 0.1) is 13.0 Å². The van der Waals surface area contributed by atoms with Crippen molar-refractivity contribution in [1.29, 1.82) is 0 Å². The first-order chi connectivity index (χ1) is 12.4. The third-order valence-electron chi connectivity index (χ3n) is 4.74. The molecule has 2 fully saturated rings. The summed E-state index contributed by atoms with van der Waals surface area (Å²) in [5.74, 6) is -0.297. The van der Waals surface area contributed by atoms with Crippen molar-refractivity contribution >= 4 is 11.8 Å². The number of nitrogens with zero attached hydrogens (tertiary/aromatic N) is 2. The molecule has 0 aromatic heterocycles. The highest BCUT2D eigenvalue weighted by molar-refractivity contribution is 5.89. The van der Waals surface area contributed by atoms with Gasteiger partial charge in [-0.3, -0.25) is 9.59 Å². The van der Waals surface area contributed by atoms with Crippen LogP contribution in [0.1, 0.15) is 24.8 Å². The van der Waals surface area contributed by atoms with E-state index in [2.05, 4.69) is 4.74 Å². The number of alkyl halides is 2. The average molecular weight is 368 g/mol. The number of amides is 2. The van der Waals surface area contributed by atoms with Crippen molar-refractivity contribution in [1.82, 2.24) is 9.80 Å². The molecule has 0 radical (unpaired) electrons. The number of rotatable bonds is 7. The number of benzene rings is 1. The van der Waals surface area contributed by atoms with E-state index in [1.807, 2.05) is 0 Å². The van der Waals surface area contributed by atoms with E-state index in [-0.39, 0.29) is 42.2 Å². The van der Waals surface area contributed by atoms with Gasteiger partial charge < -0.3 is 19.3 Å². The summed E-state index contributed by atoms with van der Waals surface area (Å²) in [5.41, 5.74) is 0.640. The molecule has 2 aliphatic rings. The molecule has 1 aromatic rings. The average Bonchev–Trinajstić information content (AvgIpc) is 3.36. The van der Waals surface area contributed by atoms with Crippen molar-refractivity contribution in [2.75, 3.05) is 20.7 Å². The predicted octanol–water partition coefficient (Wildman–Crippen LogP) is 2.27. The zero-order valence-electron chi connectivity index (χ0n) is 14.8. The Labute approximate surface area is 150 Å². The summed E-state index contributed by atoms with van der Waals surface area (Å²) < 4.78 is 34.5. The van der Waals surface area contributed by atoms with Crippen LogP contribution >= 0.6 is 0 Å². The van der Waals surface area contributed by atoms with Crippen molar-refractivity contribution in [2.24, 2.45) is 5.92 Å². The Morgan fingerprint density at radius 3 is 2.69 bits per heavy atom. The molecule has 26 heavy (non-hydrogen) atoms. The molecule has 2 amide bonds. The minimum atomic E-state index is -2.96. The quantitative estimate of drug-likeness (QED) is 0.741. The first-order valence-electron chi connectivity index (χ1n) is 8.55. The minimum absolute atomic E-state index is 0.0383. The third kappa shape index (κ3) is 4.05. The number of methoxy groups -OCH3 is 1. The first-order valence-corrected chi connectivity index (χ1v) is 8.55. The summed E-state index contributed by atoms with van der Waals surface area (Å²) in [6.07, 6.45) is 2.27. The second-order valence-electron chi connectivity index (χ2n) is 6.74. The maximum Gasteiger partial charge on any atom is 0.387 e. The van der Waals surface area contributed by atoms with Crippen molar-refractivity contribution in [3.05, 3.63) is 23.8 Å². The van der Waals surface area contributed by atoms with Gasteiger partial charge in [-0.05, 0) is 30.5 Å². The Balaban J connectivity index is 1.64. The van der Waals surface area contributed by atoms with E-state index < -0.39 is 6.61 Å². The van der Waals surface area contributed by atoms with E-state index in [0.717, 1.165) is 12.8 Å². The van der Waals surface area contributed by atoms with Gasteiger partial charge in [-0.15, -0.1) is 0 Å². The first kappa shape index (κ1) is 18.4. The Kier molecular flexibility index (Phi) is 5.29. The number of likely N-dealkylation sites (tertiary alicyclic amines) is 1. The smallest absolute Gasteiger partial charge is 0.387 e. The van der Waals surface area contributed by atoms with Crippen molar-refractivity contribution in [2.45, 2.75) is 38.5 Å². The lowest BCUT2D eigenvalue weighted by atomic mass is 10.1. The molecule has 0 bridgehead atoms. The van der Waals surface area contributed by atoms with E-state index in [1.54, 1.807) is 18.0 Å². The van der Waals surface area contributed by atoms with Crippen LogP contribution < -0.4 is 9.47 Å². The van der Waals surface area contributed by atoms with Crippen LogP contribution in [0.3, 0.4) is 0 Å². The van der Waals surface area contributed by atoms with Gasteiger partial charge >= 0.3 is 6.61 Å². The highest BCUT2D eigenvalue weighted by atomic mass is 19.3. The summed E-state index contributed by atoms with van der Waals surface area (Å²) >= 11 is 0. The Morgan fingerprint density at radius 2 is 2.08 bits per heavy atom. The van der Waals surface area contributed by atoms with Crippen LogP contribution in [0.25, 0.3) is 0 Å². The molecule has 6 nitrogen and oxygen atoms in total. The maximum atomic E-state index is 12.6. The van der Waals surface area contributed by atoms with Crippen molar-refractivity contribution in [3.8, 4) is 11.5 Å². The highest BCUT2D eigenvalue weighted by Crippen LogP contribution is 2.33. The van der Waals surface area contributed by atoms with Crippen LogP contribution in [0.4, 0.5) is 8.78 Å². The molecular formula is C18H22F2N2O4. The molecule has 1 atom stereocenters. The van der Waals surface area contributed by atoms with Gasteiger partial charge in [0.1, 0.15) is 0 Å². The van der Waals surface area contributed by atoms with Crippen molar-refractivity contribution in [3.63, 3.8) is 0 Å². The number of hydrogen-bond acceptors (Lipinski definition) is 4. The van der Waals surface area contributed by atoms with E-state index >= 15 is 0 Å². The second-order valence-corrected chi connectivity index (χ2v) is 6.74. The lowest BCUT2D eigenvalue weighted by Gasteiger charge is -2.22. The molecular weight excluding hydrogens is 346 g/mol. The fourth-order valence-electron chi connectivity index (χ4n) is 3.31. The van der Waals surface area contributed by atoms with Crippen LogP contribution in [-0.2, 0) is 16.1 Å². The minimum Gasteiger partial charge on any atom is -0.493 e. The standard InChI is InChI=1S/C18H22F2N2O4/c1-21(17(24)12-8-16(23)22(10-12)13-4-5-13)9-11-3-6-14(25-2)15(7-11)26-18(19)20/h3,6-7,12-13,18H,4-5,8-10H2,1-2H3/t12-/m0/s1. The van der Waals surface area contributed by atoms with Gasteiger partial charge in [0.25, 0.3) is 0 Å². The molecule has 1 aromatic carbocycles. The van der Waals surface area contributed by atoms with Crippen molar-refractivity contribution < 1.29 is 27.8 Å². The molecule has 1 saturated carbocycles. The number of carbonyl (C=O) groups is 2. The van der Waals surface area contributed by atoms with Gasteiger partial charge in [-0.1, -0.05) is 6.07 Å². The molecule has 1 heterocycles. The highest BCUT2D eigenvalue weighted by Gasteiger charge is 2.42. The molecule has 1 saturated heterocycles. The lowest BCUT2D eigenvalue weighted by Crippen LogP contribution is -2.34. The zero-order chi connectivity index (χ0) is 18.8. The Bertz CT molecular complexity index is 694. The molecule has 0 unspecified atom stereocenters. The number of ether oxygens (including phenoxy) is 2. The van der Waals surface area contributed by atoms with Crippen LogP contribution in [-0.4, -0.2) is 55.0 Å². The zero-order valence-corrected chi connectivity index (χ0v) is 14.8. The van der Waals surface area contributed by atoms with Gasteiger partial charge in [0, 0.05) is 32.6 Å². The van der Waals surface area contributed by atoms with Crippen LogP contribution in [0.5, 0.6) is 11.5 Å². The molecule has 1 aliphatic heterocycles. The Morgan fingerprint density at radius 1 is 1.35 bits per heavy atom. The predicted molar refractivity (Wildman–Crippen MR) is 88.9 cm³/mol. The normalized spacial score (nSPS) is 19.8. The van der Waals surface area contributed by atoms with E-state index in [9.17, 15) is 18.4 Å². The van der Waals surface area contributed by atoms with Gasteiger partial charge in [-0.25, -0.2) is 0 Å². The van der Waals surface area contributed by atoms with E-state index in [4.69, 9.17) is 4.74 Å². The monoisotopic (exact) mass is 368 g/mol. The number of carbonyl (C=O) groups excluding carboxylic acids is 2. The Hall–Kier alpha value is -2.38. The summed E-state index contributed by atoms with van der Waals surface area (Å²) in [6, 6.07) is 4.96. The lowest BCUT2D eigenvalue weighted by molar-refractivity contribution is -0.135. The van der Waals surface area contributed by atoms with Gasteiger partial charge in [0.15, 0.2) is 11.5 Å². The summed E-state index contributed by atoms with van der Waals surface area (Å²) in [5, 5.41) is 0. The van der Waals surface area contributed by atoms with Gasteiger partial charge in [0.2, 0.25) is 11.8 Å². The molecule has 0 spiro atoms. The number of hydrogen-bond donors (Lipinski definition) is 0. The van der Waals surface area contributed by atoms with E-state index in [1.165, 1.54) is 24.1 Å².